The van der Waals surface area contributed by atoms with E-state index in [1.54, 1.807) is 29.7 Å². The number of hydrogen-bond acceptors (Lipinski definition) is 4. The third-order valence-electron chi connectivity index (χ3n) is 2.19. The van der Waals surface area contributed by atoms with Gasteiger partial charge in [-0.05, 0) is 46.6 Å². The van der Waals surface area contributed by atoms with Gasteiger partial charge in [-0.3, -0.25) is 4.79 Å². The number of thiophene rings is 1. The second kappa shape index (κ2) is 5.97. The molecule has 1 amide bonds. The Hall–Kier alpha value is -1.40. The molecule has 94 valence electrons. The van der Waals surface area contributed by atoms with Crippen molar-refractivity contribution in [2.45, 2.75) is 13.3 Å². The van der Waals surface area contributed by atoms with Crippen molar-refractivity contribution in [1.82, 2.24) is 5.43 Å². The Morgan fingerprint density at radius 2 is 2.33 bits per heavy atom. The van der Waals surface area contributed by atoms with Gasteiger partial charge in [0.15, 0.2) is 10.4 Å². The van der Waals surface area contributed by atoms with E-state index in [2.05, 4.69) is 39.4 Å². The van der Waals surface area contributed by atoms with E-state index >= 15 is 0 Å². The minimum atomic E-state index is -0.371. The molecule has 2 heterocycles. The maximum Gasteiger partial charge on any atom is 0.307 e. The van der Waals surface area contributed by atoms with Gasteiger partial charge < -0.3 is 4.42 Å². The molecule has 0 aliphatic rings. The number of furan rings is 1. The number of aryl methyl sites for hydroxylation is 1. The average molecular weight is 327 g/mol. The van der Waals surface area contributed by atoms with Crippen molar-refractivity contribution in [2.75, 3.05) is 0 Å². The van der Waals surface area contributed by atoms with E-state index in [1.807, 2.05) is 6.07 Å². The Bertz CT molecular complexity index is 574. The molecule has 1 N–H and O–H groups in total. The maximum atomic E-state index is 11.6. The summed E-state index contributed by atoms with van der Waals surface area (Å²) < 4.78 is 5.62. The van der Waals surface area contributed by atoms with Crippen molar-refractivity contribution < 1.29 is 9.21 Å². The van der Waals surface area contributed by atoms with Gasteiger partial charge in [0.05, 0.1) is 6.21 Å². The van der Waals surface area contributed by atoms with E-state index in [1.165, 1.54) is 4.88 Å². The number of amides is 1. The largest absolute Gasteiger partial charge is 0.444 e. The van der Waals surface area contributed by atoms with Crippen molar-refractivity contribution in [3.63, 3.8) is 0 Å². The Kier molecular flexibility index (Phi) is 4.33. The van der Waals surface area contributed by atoms with Crippen LogP contribution in [-0.2, 0) is 6.42 Å². The Morgan fingerprint density at radius 1 is 1.50 bits per heavy atom. The molecule has 0 fully saturated rings. The molecule has 0 radical (unpaired) electrons. The summed E-state index contributed by atoms with van der Waals surface area (Å²) in [5, 5.41) is 3.89. The van der Waals surface area contributed by atoms with Crippen molar-refractivity contribution in [3.05, 3.63) is 44.4 Å². The molecular weight excluding hydrogens is 316 g/mol. The molecule has 0 saturated carbocycles. The molecule has 2 rings (SSSR count). The number of carbonyl (C=O) groups excluding carboxylic acids is 1. The summed E-state index contributed by atoms with van der Waals surface area (Å²) in [6.45, 7) is 2.10. The van der Waals surface area contributed by atoms with E-state index in [9.17, 15) is 4.79 Å². The molecule has 0 saturated heterocycles. The molecule has 6 heteroatoms. The fourth-order valence-electron chi connectivity index (χ4n) is 1.30. The molecule has 18 heavy (non-hydrogen) atoms. The highest BCUT2D eigenvalue weighted by Crippen LogP contribution is 2.15. The molecule has 0 spiro atoms. The molecule has 0 aliphatic heterocycles. The summed E-state index contributed by atoms with van der Waals surface area (Å²) in [5.74, 6) is -0.149. The lowest BCUT2D eigenvalue weighted by Crippen LogP contribution is -2.16. The molecule has 0 aliphatic carbocycles. The van der Waals surface area contributed by atoms with Crippen LogP contribution in [0.2, 0.25) is 0 Å². The van der Waals surface area contributed by atoms with Gasteiger partial charge in [0, 0.05) is 9.75 Å². The molecule has 0 unspecified atom stereocenters. The monoisotopic (exact) mass is 326 g/mol. The third kappa shape index (κ3) is 3.30. The summed E-state index contributed by atoms with van der Waals surface area (Å²) in [4.78, 5) is 13.9. The van der Waals surface area contributed by atoms with Crippen LogP contribution in [-0.4, -0.2) is 12.1 Å². The second-order valence-corrected chi connectivity index (χ2v) is 5.44. The van der Waals surface area contributed by atoms with Gasteiger partial charge in [0.2, 0.25) is 0 Å². The van der Waals surface area contributed by atoms with Crippen molar-refractivity contribution in [3.8, 4) is 0 Å². The summed E-state index contributed by atoms with van der Waals surface area (Å²) in [6.07, 6.45) is 2.63. The highest BCUT2D eigenvalue weighted by atomic mass is 79.9. The number of carbonyl (C=O) groups is 1. The zero-order valence-electron chi connectivity index (χ0n) is 9.64. The van der Waals surface area contributed by atoms with Crippen LogP contribution in [0, 0.1) is 0 Å². The van der Waals surface area contributed by atoms with Crippen LogP contribution in [0.4, 0.5) is 0 Å². The number of hydrogen-bond donors (Lipinski definition) is 1. The van der Waals surface area contributed by atoms with Crippen molar-refractivity contribution >= 4 is 39.4 Å². The van der Waals surface area contributed by atoms with Gasteiger partial charge in [-0.1, -0.05) is 6.92 Å². The highest BCUT2D eigenvalue weighted by molar-refractivity contribution is 9.10. The fourth-order valence-corrected chi connectivity index (χ4v) is 2.43. The van der Waals surface area contributed by atoms with E-state index in [0.29, 0.717) is 4.67 Å². The van der Waals surface area contributed by atoms with Crippen LogP contribution in [0.1, 0.15) is 27.2 Å². The number of nitrogens with zero attached hydrogens (tertiary/aromatic N) is 1. The van der Waals surface area contributed by atoms with Crippen LogP contribution in [0.15, 0.2) is 38.5 Å². The predicted octanol–water partition coefficient (Wildman–Crippen LogP) is 3.43. The van der Waals surface area contributed by atoms with Crippen molar-refractivity contribution in [2.24, 2.45) is 5.10 Å². The first-order valence-electron chi connectivity index (χ1n) is 5.36. The average Bonchev–Trinajstić information content (AvgIpc) is 2.98. The maximum absolute atomic E-state index is 11.6. The standard InChI is InChI=1S/C12H11BrN2O2S/c1-2-8-3-4-9(18-8)7-14-15-12(16)10-5-6-11(13)17-10/h3-7H,2H2,1H3,(H,15,16). The number of hydrazone groups is 1. The number of rotatable bonds is 4. The SMILES string of the molecule is CCc1ccc(C=NNC(=O)c2ccc(Br)o2)s1. The van der Waals surface area contributed by atoms with Gasteiger partial charge in [-0.15, -0.1) is 11.3 Å². The van der Waals surface area contributed by atoms with Crippen LogP contribution >= 0.6 is 27.3 Å². The Balaban J connectivity index is 1.93. The van der Waals surface area contributed by atoms with Crippen LogP contribution in [0.25, 0.3) is 0 Å². The number of nitrogens with one attached hydrogen (secondary N) is 1. The topological polar surface area (TPSA) is 54.6 Å². The molecular formula is C12H11BrN2O2S. The van der Waals surface area contributed by atoms with Gasteiger partial charge in [-0.25, -0.2) is 5.43 Å². The zero-order chi connectivity index (χ0) is 13.0. The molecule has 0 bridgehead atoms. The summed E-state index contributed by atoms with van der Waals surface area (Å²) >= 11 is 4.79. The highest BCUT2D eigenvalue weighted by Gasteiger charge is 2.08. The minimum absolute atomic E-state index is 0.222. The first kappa shape index (κ1) is 13.0. The van der Waals surface area contributed by atoms with E-state index < -0.39 is 0 Å². The smallest absolute Gasteiger partial charge is 0.307 e. The van der Waals surface area contributed by atoms with Crippen LogP contribution in [0.3, 0.4) is 0 Å². The van der Waals surface area contributed by atoms with E-state index in [0.717, 1.165) is 11.3 Å². The summed E-state index contributed by atoms with van der Waals surface area (Å²) in [5.41, 5.74) is 2.41. The third-order valence-corrected chi connectivity index (χ3v) is 3.78. The Labute approximate surface area is 117 Å². The lowest BCUT2D eigenvalue weighted by molar-refractivity contribution is 0.0926. The Morgan fingerprint density at radius 3 is 2.94 bits per heavy atom. The molecule has 0 aromatic carbocycles. The lowest BCUT2D eigenvalue weighted by Gasteiger charge is -1.93. The van der Waals surface area contributed by atoms with E-state index in [4.69, 9.17) is 4.42 Å². The minimum Gasteiger partial charge on any atom is -0.444 e. The van der Waals surface area contributed by atoms with Gasteiger partial charge in [0.25, 0.3) is 0 Å². The van der Waals surface area contributed by atoms with Crippen molar-refractivity contribution in [1.29, 1.82) is 0 Å². The molecule has 2 aromatic heterocycles. The van der Waals surface area contributed by atoms with Crippen LogP contribution in [0.5, 0.6) is 0 Å². The summed E-state index contributed by atoms with van der Waals surface area (Å²) in [6, 6.07) is 7.26. The van der Waals surface area contributed by atoms with Gasteiger partial charge in [0.1, 0.15) is 0 Å². The van der Waals surface area contributed by atoms with Crippen LogP contribution < -0.4 is 5.43 Å². The first-order valence-corrected chi connectivity index (χ1v) is 6.97. The predicted molar refractivity (Wildman–Crippen MR) is 75.2 cm³/mol. The lowest BCUT2D eigenvalue weighted by atomic mass is 10.4. The second-order valence-electron chi connectivity index (χ2n) is 3.46. The quantitative estimate of drug-likeness (QED) is 0.691. The van der Waals surface area contributed by atoms with Gasteiger partial charge in [-0.2, -0.15) is 5.10 Å². The first-order chi connectivity index (χ1) is 8.69. The molecule has 2 aromatic rings. The summed E-state index contributed by atoms with van der Waals surface area (Å²) in [7, 11) is 0. The fraction of sp³-hybridized carbons (Fsp3) is 0.167. The normalized spacial score (nSPS) is 11.0. The number of halogens is 1. The molecule has 0 atom stereocenters. The zero-order valence-corrected chi connectivity index (χ0v) is 12.0. The van der Waals surface area contributed by atoms with Gasteiger partial charge >= 0.3 is 5.91 Å². The molecule has 4 nitrogen and oxygen atoms in total. The van der Waals surface area contributed by atoms with E-state index in [-0.39, 0.29) is 11.7 Å².